The van der Waals surface area contributed by atoms with Gasteiger partial charge in [0, 0.05) is 25.7 Å². The monoisotopic (exact) mass is 282 g/mol. The topological polar surface area (TPSA) is 49.4 Å². The van der Waals surface area contributed by atoms with Crippen LogP contribution in [-0.4, -0.2) is 31.9 Å². The molecule has 1 fully saturated rings. The van der Waals surface area contributed by atoms with E-state index in [1.807, 2.05) is 12.1 Å². The van der Waals surface area contributed by atoms with E-state index in [4.69, 9.17) is 0 Å². The fourth-order valence-electron chi connectivity index (χ4n) is 2.28. The maximum Gasteiger partial charge on any atom is 0.243 e. The second-order valence-electron chi connectivity index (χ2n) is 5.25. The van der Waals surface area contributed by atoms with Crippen LogP contribution >= 0.6 is 0 Å². The van der Waals surface area contributed by atoms with Crippen molar-refractivity contribution in [2.24, 2.45) is 0 Å². The Hall–Kier alpha value is -0.910. The van der Waals surface area contributed by atoms with E-state index in [2.05, 4.69) is 19.2 Å². The van der Waals surface area contributed by atoms with Gasteiger partial charge in [-0.1, -0.05) is 32.0 Å². The summed E-state index contributed by atoms with van der Waals surface area (Å²) in [6, 6.07) is 7.62. The second kappa shape index (κ2) is 6.03. The molecular formula is C14H22N2O2S. The number of benzene rings is 1. The molecule has 0 saturated carbocycles. The van der Waals surface area contributed by atoms with Crippen molar-refractivity contribution in [2.45, 2.75) is 44.2 Å². The molecule has 0 aliphatic carbocycles. The van der Waals surface area contributed by atoms with E-state index in [1.54, 1.807) is 16.4 Å². The van der Waals surface area contributed by atoms with Crippen LogP contribution in [0.5, 0.6) is 0 Å². The van der Waals surface area contributed by atoms with Gasteiger partial charge in [-0.05, 0) is 24.5 Å². The smallest absolute Gasteiger partial charge is 0.243 e. The molecule has 2 rings (SSSR count). The molecule has 4 nitrogen and oxygen atoms in total. The Morgan fingerprint density at radius 3 is 2.47 bits per heavy atom. The van der Waals surface area contributed by atoms with Crippen molar-refractivity contribution in [1.82, 2.24) is 9.62 Å². The molecule has 1 heterocycles. The number of nitrogens with zero attached hydrogens (tertiary/aromatic N) is 1. The van der Waals surface area contributed by atoms with Gasteiger partial charge >= 0.3 is 0 Å². The van der Waals surface area contributed by atoms with Crippen molar-refractivity contribution < 1.29 is 8.42 Å². The van der Waals surface area contributed by atoms with Crippen molar-refractivity contribution in [1.29, 1.82) is 0 Å². The van der Waals surface area contributed by atoms with E-state index in [0.717, 1.165) is 18.4 Å². The Balaban J connectivity index is 2.28. The minimum Gasteiger partial charge on any atom is -0.310 e. The summed E-state index contributed by atoms with van der Waals surface area (Å²) in [6.45, 7) is 5.98. The molecule has 106 valence electrons. The van der Waals surface area contributed by atoms with Crippen molar-refractivity contribution in [3.8, 4) is 0 Å². The first-order valence-corrected chi connectivity index (χ1v) is 8.27. The Labute approximate surface area is 115 Å². The van der Waals surface area contributed by atoms with Crippen LogP contribution in [-0.2, 0) is 16.6 Å². The molecule has 0 spiro atoms. The fourth-order valence-corrected chi connectivity index (χ4v) is 4.02. The standard InChI is InChI=1S/C14H22N2O2S/c1-12(2)15-11-13-7-3-4-8-14(13)19(17,18)16-9-5-6-10-16/h3-4,7-8,12,15H,5-6,9-11H2,1-2H3. The van der Waals surface area contributed by atoms with Gasteiger partial charge in [0.2, 0.25) is 10.0 Å². The zero-order valence-electron chi connectivity index (χ0n) is 11.6. The van der Waals surface area contributed by atoms with E-state index in [1.165, 1.54) is 0 Å². The summed E-state index contributed by atoms with van der Waals surface area (Å²) >= 11 is 0. The molecule has 0 bridgehead atoms. The average molecular weight is 282 g/mol. The van der Waals surface area contributed by atoms with Crippen LogP contribution in [0.4, 0.5) is 0 Å². The third kappa shape index (κ3) is 3.35. The highest BCUT2D eigenvalue weighted by molar-refractivity contribution is 7.89. The predicted octanol–water partition coefficient (Wildman–Crippen LogP) is 1.97. The Morgan fingerprint density at radius 1 is 1.21 bits per heavy atom. The molecular weight excluding hydrogens is 260 g/mol. The minimum atomic E-state index is -3.32. The van der Waals surface area contributed by atoms with Gasteiger partial charge in [-0.15, -0.1) is 0 Å². The van der Waals surface area contributed by atoms with Crippen molar-refractivity contribution in [3.63, 3.8) is 0 Å². The Kier molecular flexibility index (Phi) is 4.60. The lowest BCUT2D eigenvalue weighted by Crippen LogP contribution is -2.30. The van der Waals surface area contributed by atoms with Crippen molar-refractivity contribution in [2.75, 3.05) is 13.1 Å². The normalized spacial score (nSPS) is 17.2. The van der Waals surface area contributed by atoms with Crippen LogP contribution in [0.2, 0.25) is 0 Å². The SMILES string of the molecule is CC(C)NCc1ccccc1S(=O)(=O)N1CCCC1. The number of rotatable bonds is 5. The summed E-state index contributed by atoms with van der Waals surface area (Å²) in [7, 11) is -3.32. The summed E-state index contributed by atoms with van der Waals surface area (Å²) < 4.78 is 26.8. The molecule has 1 saturated heterocycles. The van der Waals surface area contributed by atoms with Gasteiger partial charge in [-0.3, -0.25) is 0 Å². The fraction of sp³-hybridized carbons (Fsp3) is 0.571. The van der Waals surface area contributed by atoms with Gasteiger partial charge in [0.05, 0.1) is 4.90 Å². The van der Waals surface area contributed by atoms with Crippen LogP contribution in [0.25, 0.3) is 0 Å². The van der Waals surface area contributed by atoms with Crippen LogP contribution in [0.15, 0.2) is 29.2 Å². The van der Waals surface area contributed by atoms with E-state index in [0.29, 0.717) is 30.6 Å². The van der Waals surface area contributed by atoms with E-state index in [9.17, 15) is 8.42 Å². The van der Waals surface area contributed by atoms with Crippen LogP contribution in [0.3, 0.4) is 0 Å². The third-order valence-corrected chi connectivity index (χ3v) is 5.36. The lowest BCUT2D eigenvalue weighted by atomic mass is 10.2. The molecule has 1 aliphatic heterocycles. The van der Waals surface area contributed by atoms with Crippen LogP contribution < -0.4 is 5.32 Å². The number of sulfonamides is 1. The van der Waals surface area contributed by atoms with Crippen LogP contribution in [0, 0.1) is 0 Å². The maximum absolute atomic E-state index is 12.6. The summed E-state index contributed by atoms with van der Waals surface area (Å²) in [5, 5.41) is 3.28. The van der Waals surface area contributed by atoms with Gasteiger partial charge in [0.25, 0.3) is 0 Å². The van der Waals surface area contributed by atoms with Crippen molar-refractivity contribution in [3.05, 3.63) is 29.8 Å². The van der Waals surface area contributed by atoms with E-state index in [-0.39, 0.29) is 0 Å². The van der Waals surface area contributed by atoms with Gasteiger partial charge in [0.1, 0.15) is 0 Å². The molecule has 1 N–H and O–H groups in total. The highest BCUT2D eigenvalue weighted by atomic mass is 32.2. The summed E-state index contributed by atoms with van der Waals surface area (Å²) in [5.41, 5.74) is 0.850. The molecule has 0 atom stereocenters. The molecule has 5 heteroatoms. The average Bonchev–Trinajstić information content (AvgIpc) is 2.91. The highest BCUT2D eigenvalue weighted by Crippen LogP contribution is 2.23. The maximum atomic E-state index is 12.6. The zero-order chi connectivity index (χ0) is 13.9. The van der Waals surface area contributed by atoms with Crippen LogP contribution in [0.1, 0.15) is 32.3 Å². The largest absolute Gasteiger partial charge is 0.310 e. The first-order chi connectivity index (χ1) is 9.01. The molecule has 1 aromatic rings. The van der Waals surface area contributed by atoms with Gasteiger partial charge in [-0.2, -0.15) is 4.31 Å². The zero-order valence-corrected chi connectivity index (χ0v) is 12.4. The first-order valence-electron chi connectivity index (χ1n) is 6.83. The number of nitrogens with one attached hydrogen (secondary N) is 1. The molecule has 0 radical (unpaired) electrons. The van der Waals surface area contributed by atoms with Gasteiger partial charge in [0.15, 0.2) is 0 Å². The Morgan fingerprint density at radius 2 is 1.84 bits per heavy atom. The number of hydrogen-bond acceptors (Lipinski definition) is 3. The first kappa shape index (κ1) is 14.5. The van der Waals surface area contributed by atoms with Crippen molar-refractivity contribution >= 4 is 10.0 Å². The highest BCUT2D eigenvalue weighted by Gasteiger charge is 2.28. The van der Waals surface area contributed by atoms with Gasteiger partial charge < -0.3 is 5.32 Å². The quantitative estimate of drug-likeness (QED) is 0.898. The summed E-state index contributed by atoms with van der Waals surface area (Å²) in [5.74, 6) is 0. The molecule has 0 unspecified atom stereocenters. The van der Waals surface area contributed by atoms with Gasteiger partial charge in [-0.25, -0.2) is 8.42 Å². The Bertz CT molecular complexity index is 520. The lowest BCUT2D eigenvalue weighted by Gasteiger charge is -2.18. The predicted molar refractivity (Wildman–Crippen MR) is 76.4 cm³/mol. The number of hydrogen-bond donors (Lipinski definition) is 1. The third-order valence-electron chi connectivity index (χ3n) is 3.36. The second-order valence-corrected chi connectivity index (χ2v) is 7.16. The minimum absolute atomic E-state index is 0.336. The van der Waals surface area contributed by atoms with E-state index >= 15 is 0 Å². The van der Waals surface area contributed by atoms with E-state index < -0.39 is 10.0 Å². The summed E-state index contributed by atoms with van der Waals surface area (Å²) in [6.07, 6.45) is 1.93. The molecule has 1 aromatic carbocycles. The molecule has 0 amide bonds. The lowest BCUT2D eigenvalue weighted by molar-refractivity contribution is 0.475. The molecule has 1 aliphatic rings. The summed E-state index contributed by atoms with van der Waals surface area (Å²) in [4.78, 5) is 0.449. The molecule has 19 heavy (non-hydrogen) atoms. The molecule has 0 aromatic heterocycles.